The highest BCUT2D eigenvalue weighted by Crippen LogP contribution is 2.07. The number of hydrogen-bond acceptors (Lipinski definition) is 3. The first-order valence-corrected chi connectivity index (χ1v) is 3.74. The Morgan fingerprint density at radius 1 is 1.40 bits per heavy atom. The molecular weight excluding hydrogens is 132 g/mol. The van der Waals surface area contributed by atoms with Gasteiger partial charge in [-0.3, -0.25) is 0 Å². The molecular formula is C7H14O3. The van der Waals surface area contributed by atoms with E-state index in [9.17, 15) is 0 Å². The van der Waals surface area contributed by atoms with Crippen LogP contribution in [0.2, 0.25) is 0 Å². The summed E-state index contributed by atoms with van der Waals surface area (Å²) in [7, 11) is 0. The highest BCUT2D eigenvalue weighted by Gasteiger charge is 2.14. The van der Waals surface area contributed by atoms with Gasteiger partial charge in [0.05, 0.1) is 19.8 Å². The fourth-order valence-electron chi connectivity index (χ4n) is 0.898. The highest BCUT2D eigenvalue weighted by atomic mass is 16.7. The maximum absolute atomic E-state index is 5.20. The van der Waals surface area contributed by atoms with Gasteiger partial charge in [0.1, 0.15) is 0 Å². The van der Waals surface area contributed by atoms with E-state index in [4.69, 9.17) is 14.2 Å². The average Bonchev–Trinajstić information content (AvgIpc) is 2.41. The van der Waals surface area contributed by atoms with Crippen molar-refractivity contribution in [2.75, 3.05) is 26.4 Å². The molecule has 0 aromatic carbocycles. The zero-order valence-corrected chi connectivity index (χ0v) is 6.34. The minimum Gasteiger partial charge on any atom is -0.382 e. The molecule has 3 heteroatoms. The van der Waals surface area contributed by atoms with Crippen LogP contribution in [0.1, 0.15) is 13.3 Å². The second-order valence-corrected chi connectivity index (χ2v) is 2.16. The molecule has 1 aliphatic rings. The normalized spacial score (nSPS) is 20.1. The van der Waals surface area contributed by atoms with Gasteiger partial charge in [0.25, 0.3) is 0 Å². The van der Waals surface area contributed by atoms with Crippen LogP contribution in [0.5, 0.6) is 0 Å². The molecule has 0 amide bonds. The van der Waals surface area contributed by atoms with Gasteiger partial charge in [-0.05, 0) is 6.92 Å². The molecule has 0 radical (unpaired) electrons. The van der Waals surface area contributed by atoms with Crippen LogP contribution in [0.15, 0.2) is 0 Å². The molecule has 3 nitrogen and oxygen atoms in total. The summed E-state index contributed by atoms with van der Waals surface area (Å²) in [5, 5.41) is 0. The molecule has 1 heterocycles. The van der Waals surface area contributed by atoms with Gasteiger partial charge in [-0.2, -0.15) is 0 Å². The molecule has 1 saturated heterocycles. The van der Waals surface area contributed by atoms with Crippen molar-refractivity contribution >= 4 is 0 Å². The van der Waals surface area contributed by atoms with E-state index in [1.165, 1.54) is 0 Å². The van der Waals surface area contributed by atoms with E-state index in [1.807, 2.05) is 6.92 Å². The van der Waals surface area contributed by atoms with E-state index in [2.05, 4.69) is 0 Å². The van der Waals surface area contributed by atoms with Crippen molar-refractivity contribution in [3.8, 4) is 0 Å². The van der Waals surface area contributed by atoms with E-state index in [0.717, 1.165) is 32.8 Å². The fourth-order valence-corrected chi connectivity index (χ4v) is 0.898. The Labute approximate surface area is 61.3 Å². The van der Waals surface area contributed by atoms with E-state index in [-0.39, 0.29) is 6.29 Å². The van der Waals surface area contributed by atoms with Crippen LogP contribution in [-0.2, 0) is 14.2 Å². The highest BCUT2D eigenvalue weighted by molar-refractivity contribution is 4.50. The Morgan fingerprint density at radius 3 is 2.70 bits per heavy atom. The minimum absolute atomic E-state index is 0.00782. The zero-order chi connectivity index (χ0) is 7.23. The largest absolute Gasteiger partial charge is 0.382 e. The van der Waals surface area contributed by atoms with Gasteiger partial charge >= 0.3 is 0 Å². The van der Waals surface area contributed by atoms with Crippen LogP contribution in [-0.4, -0.2) is 32.7 Å². The van der Waals surface area contributed by atoms with Crippen LogP contribution in [0.3, 0.4) is 0 Å². The third-order valence-electron chi connectivity index (χ3n) is 1.39. The quantitative estimate of drug-likeness (QED) is 0.549. The van der Waals surface area contributed by atoms with Gasteiger partial charge in [-0.1, -0.05) is 0 Å². The first-order valence-electron chi connectivity index (χ1n) is 3.74. The van der Waals surface area contributed by atoms with Crippen molar-refractivity contribution in [3.63, 3.8) is 0 Å². The summed E-state index contributed by atoms with van der Waals surface area (Å²) in [4.78, 5) is 0. The number of rotatable bonds is 4. The average molecular weight is 146 g/mol. The first kappa shape index (κ1) is 7.98. The molecule has 1 fully saturated rings. The lowest BCUT2D eigenvalue weighted by atomic mass is 10.4. The Kier molecular flexibility index (Phi) is 3.72. The maximum Gasteiger partial charge on any atom is 0.160 e. The van der Waals surface area contributed by atoms with Crippen molar-refractivity contribution in [1.29, 1.82) is 0 Å². The molecule has 0 N–H and O–H groups in total. The van der Waals surface area contributed by atoms with Crippen LogP contribution < -0.4 is 0 Å². The Balaban J connectivity index is 1.91. The number of ether oxygens (including phenoxy) is 3. The van der Waals surface area contributed by atoms with Gasteiger partial charge < -0.3 is 14.2 Å². The molecule has 0 unspecified atom stereocenters. The van der Waals surface area contributed by atoms with Crippen LogP contribution >= 0.6 is 0 Å². The second kappa shape index (κ2) is 4.66. The summed E-state index contributed by atoms with van der Waals surface area (Å²) in [6, 6.07) is 0. The molecule has 0 aromatic rings. The predicted molar refractivity (Wildman–Crippen MR) is 36.8 cm³/mol. The molecule has 1 rings (SSSR count). The van der Waals surface area contributed by atoms with E-state index in [0.29, 0.717) is 0 Å². The summed E-state index contributed by atoms with van der Waals surface area (Å²) in [6.07, 6.45) is 0.847. The smallest absolute Gasteiger partial charge is 0.160 e. The minimum atomic E-state index is -0.00782. The van der Waals surface area contributed by atoms with Crippen molar-refractivity contribution in [2.24, 2.45) is 0 Å². The zero-order valence-electron chi connectivity index (χ0n) is 6.34. The summed E-state index contributed by atoms with van der Waals surface area (Å²) in [6.45, 7) is 4.96. The molecule has 0 saturated carbocycles. The van der Waals surface area contributed by atoms with Crippen molar-refractivity contribution in [2.45, 2.75) is 19.6 Å². The molecule has 0 bridgehead atoms. The SMILES string of the molecule is CCOCCC1OCCO1. The van der Waals surface area contributed by atoms with Crippen molar-refractivity contribution in [3.05, 3.63) is 0 Å². The molecule has 0 aromatic heterocycles. The Morgan fingerprint density at radius 2 is 2.10 bits per heavy atom. The molecule has 1 aliphatic heterocycles. The Hall–Kier alpha value is -0.120. The van der Waals surface area contributed by atoms with Gasteiger partial charge in [-0.15, -0.1) is 0 Å². The predicted octanol–water partition coefficient (Wildman–Crippen LogP) is 0.786. The topological polar surface area (TPSA) is 27.7 Å². The molecule has 0 aliphatic carbocycles. The third-order valence-corrected chi connectivity index (χ3v) is 1.39. The lowest BCUT2D eigenvalue weighted by Crippen LogP contribution is -2.10. The molecule has 10 heavy (non-hydrogen) atoms. The van der Waals surface area contributed by atoms with Crippen molar-refractivity contribution in [1.82, 2.24) is 0 Å². The summed E-state index contributed by atoms with van der Waals surface area (Å²) < 4.78 is 15.5. The van der Waals surface area contributed by atoms with Crippen LogP contribution in [0, 0.1) is 0 Å². The number of hydrogen-bond donors (Lipinski definition) is 0. The standard InChI is InChI=1S/C7H14O3/c1-2-8-4-3-7-9-5-6-10-7/h7H,2-6H2,1H3. The first-order chi connectivity index (χ1) is 4.93. The molecule has 60 valence electrons. The van der Waals surface area contributed by atoms with Crippen molar-refractivity contribution < 1.29 is 14.2 Å². The van der Waals surface area contributed by atoms with E-state index in [1.54, 1.807) is 0 Å². The van der Waals surface area contributed by atoms with E-state index >= 15 is 0 Å². The lowest BCUT2D eigenvalue weighted by Gasteiger charge is -2.07. The maximum atomic E-state index is 5.20. The summed E-state index contributed by atoms with van der Waals surface area (Å²) in [5.74, 6) is 0. The summed E-state index contributed by atoms with van der Waals surface area (Å²) in [5.41, 5.74) is 0. The Bertz CT molecular complexity index is 78.9. The van der Waals surface area contributed by atoms with Gasteiger partial charge in [0, 0.05) is 13.0 Å². The fraction of sp³-hybridized carbons (Fsp3) is 1.00. The van der Waals surface area contributed by atoms with Gasteiger partial charge in [-0.25, -0.2) is 0 Å². The van der Waals surface area contributed by atoms with Crippen LogP contribution in [0.4, 0.5) is 0 Å². The van der Waals surface area contributed by atoms with Gasteiger partial charge in [0.2, 0.25) is 0 Å². The summed E-state index contributed by atoms with van der Waals surface area (Å²) >= 11 is 0. The second-order valence-electron chi connectivity index (χ2n) is 2.16. The van der Waals surface area contributed by atoms with Crippen LogP contribution in [0.25, 0.3) is 0 Å². The lowest BCUT2D eigenvalue weighted by molar-refractivity contribution is -0.0609. The third kappa shape index (κ3) is 2.64. The van der Waals surface area contributed by atoms with Gasteiger partial charge in [0.15, 0.2) is 6.29 Å². The monoisotopic (exact) mass is 146 g/mol. The molecule has 0 atom stereocenters. The van der Waals surface area contributed by atoms with E-state index < -0.39 is 0 Å². The molecule has 0 spiro atoms.